The molecule has 2 heterocycles. The third-order valence-electron chi connectivity index (χ3n) is 11.5. The minimum Gasteiger partial charge on any atom is -0.309 e. The molecule has 2 aromatic heterocycles. The zero-order valence-corrected chi connectivity index (χ0v) is 28.6. The molecule has 240 valence electrons. The molecule has 0 saturated carbocycles. The highest BCUT2D eigenvalue weighted by molar-refractivity contribution is 6.22. The summed E-state index contributed by atoms with van der Waals surface area (Å²) in [6, 6.07) is 62.8. The second-order valence-corrected chi connectivity index (χ2v) is 14.6. The van der Waals surface area contributed by atoms with E-state index >= 15 is 0 Å². The van der Waals surface area contributed by atoms with Crippen LogP contribution in [0.15, 0.2) is 170 Å². The maximum absolute atomic E-state index is 2.47. The third kappa shape index (κ3) is 3.93. The molecule has 0 unspecified atom stereocenters. The average Bonchev–Trinajstić information content (AvgIpc) is 3.77. The van der Waals surface area contributed by atoms with E-state index in [2.05, 4.69) is 193 Å². The Morgan fingerprint density at radius 3 is 1.69 bits per heavy atom. The molecule has 0 radical (unpaired) electrons. The van der Waals surface area contributed by atoms with Gasteiger partial charge in [-0.15, -0.1) is 0 Å². The zero-order chi connectivity index (χ0) is 33.8. The van der Waals surface area contributed by atoms with Crippen LogP contribution in [0.2, 0.25) is 0 Å². The van der Waals surface area contributed by atoms with Crippen molar-refractivity contribution in [3.8, 4) is 33.6 Å². The van der Waals surface area contributed by atoms with Crippen LogP contribution >= 0.6 is 0 Å². The van der Waals surface area contributed by atoms with Crippen molar-refractivity contribution < 1.29 is 0 Å². The summed E-state index contributed by atoms with van der Waals surface area (Å²) in [5, 5.41) is 7.67. The Balaban J connectivity index is 1.19. The second kappa shape index (κ2) is 10.3. The number of fused-ring (bicyclic) bond motifs is 11. The summed E-state index contributed by atoms with van der Waals surface area (Å²) in [6.45, 7) is 4.73. The maximum atomic E-state index is 2.47. The van der Waals surface area contributed by atoms with Gasteiger partial charge < -0.3 is 9.13 Å². The molecule has 0 N–H and O–H groups in total. The van der Waals surface area contributed by atoms with Crippen molar-refractivity contribution in [3.63, 3.8) is 0 Å². The highest BCUT2D eigenvalue weighted by Gasteiger charge is 2.36. The molecule has 2 nitrogen and oxygen atoms in total. The number of nitrogens with zero attached hydrogens (tertiary/aromatic N) is 2. The minimum absolute atomic E-state index is 0.0677. The van der Waals surface area contributed by atoms with Gasteiger partial charge in [-0.2, -0.15) is 0 Å². The summed E-state index contributed by atoms with van der Waals surface area (Å²) in [5.74, 6) is 0. The van der Waals surface area contributed by atoms with Gasteiger partial charge in [0.1, 0.15) is 0 Å². The van der Waals surface area contributed by atoms with Crippen molar-refractivity contribution in [2.45, 2.75) is 19.3 Å². The van der Waals surface area contributed by atoms with Gasteiger partial charge in [-0.05, 0) is 111 Å². The van der Waals surface area contributed by atoms with E-state index in [9.17, 15) is 0 Å². The normalized spacial score (nSPS) is 13.5. The van der Waals surface area contributed by atoms with E-state index in [0.717, 1.165) is 0 Å². The molecule has 0 saturated heterocycles. The largest absolute Gasteiger partial charge is 0.309 e. The number of para-hydroxylation sites is 2. The summed E-state index contributed by atoms with van der Waals surface area (Å²) in [5.41, 5.74) is 15.1. The molecule has 8 aromatic carbocycles. The smallest absolute Gasteiger partial charge is 0.0547 e. The van der Waals surface area contributed by atoms with Gasteiger partial charge in [-0.25, -0.2) is 0 Å². The van der Waals surface area contributed by atoms with Gasteiger partial charge in [0.25, 0.3) is 0 Å². The van der Waals surface area contributed by atoms with Gasteiger partial charge in [0.15, 0.2) is 0 Å². The SMILES string of the molecule is CC1(C)c2ccccc2-c2cc3c4cc(-c5ccc6c(c5)c5c7ccccc7ccc5n6-c5ccccc5)ccc4n(-c4ccccc4)c3cc21. The van der Waals surface area contributed by atoms with E-state index in [0.29, 0.717) is 0 Å². The van der Waals surface area contributed by atoms with Crippen LogP contribution < -0.4 is 0 Å². The maximum Gasteiger partial charge on any atom is 0.0547 e. The molecule has 0 amide bonds. The summed E-state index contributed by atoms with van der Waals surface area (Å²) in [4.78, 5) is 0. The lowest BCUT2D eigenvalue weighted by Crippen LogP contribution is -2.14. The average molecular weight is 651 g/mol. The molecule has 0 aliphatic heterocycles. The van der Waals surface area contributed by atoms with Crippen LogP contribution in [-0.4, -0.2) is 9.13 Å². The van der Waals surface area contributed by atoms with Crippen LogP contribution in [0.3, 0.4) is 0 Å². The Hall–Kier alpha value is -6.38. The number of aromatic nitrogens is 2. The van der Waals surface area contributed by atoms with E-state index in [1.54, 1.807) is 0 Å². The molecule has 1 aliphatic carbocycles. The lowest BCUT2D eigenvalue weighted by Gasteiger charge is -2.21. The fraction of sp³-hybridized carbons (Fsp3) is 0.0612. The van der Waals surface area contributed by atoms with Crippen LogP contribution in [0.4, 0.5) is 0 Å². The first-order chi connectivity index (χ1) is 25.1. The number of benzene rings is 8. The first-order valence-corrected chi connectivity index (χ1v) is 17.9. The van der Waals surface area contributed by atoms with Crippen molar-refractivity contribution in [1.82, 2.24) is 9.13 Å². The Kier molecular flexibility index (Phi) is 5.76. The predicted molar refractivity (Wildman–Crippen MR) is 216 cm³/mol. The quantitative estimate of drug-likeness (QED) is 0.180. The van der Waals surface area contributed by atoms with E-state index in [1.807, 2.05) is 0 Å². The number of hydrogen-bond donors (Lipinski definition) is 0. The molecule has 2 heteroatoms. The molecule has 11 rings (SSSR count). The zero-order valence-electron chi connectivity index (χ0n) is 28.6. The third-order valence-corrected chi connectivity index (χ3v) is 11.5. The first kappa shape index (κ1) is 28.5. The molecule has 51 heavy (non-hydrogen) atoms. The lowest BCUT2D eigenvalue weighted by molar-refractivity contribution is 0.661. The van der Waals surface area contributed by atoms with Gasteiger partial charge in [0.05, 0.1) is 22.1 Å². The van der Waals surface area contributed by atoms with Gasteiger partial charge in [0.2, 0.25) is 0 Å². The summed E-state index contributed by atoms with van der Waals surface area (Å²) < 4.78 is 4.87. The van der Waals surface area contributed by atoms with E-state index < -0.39 is 0 Å². The van der Waals surface area contributed by atoms with Crippen molar-refractivity contribution in [2.24, 2.45) is 0 Å². The molecule has 0 fully saturated rings. The molecule has 1 aliphatic rings. The molecular formula is C49H34N2. The van der Waals surface area contributed by atoms with E-state index in [1.165, 1.54) is 99.1 Å². The van der Waals surface area contributed by atoms with Crippen molar-refractivity contribution in [3.05, 3.63) is 181 Å². The standard InChI is InChI=1S/C49H34N2/c1-49(2)42-20-12-11-19-37(42)38-29-40-39-27-32(22-24-44(39)51(47(40)30-43(38)49)35-16-7-4-8-17-35)33-23-25-45-41(28-33)48-36-18-10-9-13-31(36)21-26-46(48)50(45)34-14-5-3-6-15-34/h3-30H,1-2H3. The molecule has 0 atom stereocenters. The minimum atomic E-state index is -0.0677. The Morgan fingerprint density at radius 1 is 0.373 bits per heavy atom. The highest BCUT2D eigenvalue weighted by atomic mass is 15.0. The van der Waals surface area contributed by atoms with Crippen LogP contribution in [0.25, 0.3) is 88.0 Å². The van der Waals surface area contributed by atoms with Crippen molar-refractivity contribution in [1.29, 1.82) is 0 Å². The summed E-state index contributed by atoms with van der Waals surface area (Å²) in [7, 11) is 0. The predicted octanol–water partition coefficient (Wildman–Crippen LogP) is 13.0. The van der Waals surface area contributed by atoms with Gasteiger partial charge in [0, 0.05) is 38.3 Å². The lowest BCUT2D eigenvalue weighted by atomic mass is 9.82. The Bertz CT molecular complexity index is 3030. The fourth-order valence-electron chi connectivity index (χ4n) is 9.07. The Morgan fingerprint density at radius 2 is 0.941 bits per heavy atom. The molecular weight excluding hydrogens is 617 g/mol. The van der Waals surface area contributed by atoms with E-state index in [4.69, 9.17) is 0 Å². The molecule has 10 aromatic rings. The van der Waals surface area contributed by atoms with Crippen molar-refractivity contribution >= 4 is 54.4 Å². The summed E-state index contributed by atoms with van der Waals surface area (Å²) in [6.07, 6.45) is 0. The van der Waals surface area contributed by atoms with Crippen LogP contribution in [0.5, 0.6) is 0 Å². The van der Waals surface area contributed by atoms with Crippen LogP contribution in [0, 0.1) is 0 Å². The summed E-state index contributed by atoms with van der Waals surface area (Å²) >= 11 is 0. The van der Waals surface area contributed by atoms with Crippen molar-refractivity contribution in [2.75, 3.05) is 0 Å². The topological polar surface area (TPSA) is 9.86 Å². The van der Waals surface area contributed by atoms with Crippen LogP contribution in [-0.2, 0) is 5.41 Å². The molecule has 0 bridgehead atoms. The highest BCUT2D eigenvalue weighted by Crippen LogP contribution is 2.51. The first-order valence-electron chi connectivity index (χ1n) is 17.9. The van der Waals surface area contributed by atoms with Gasteiger partial charge in [-0.3, -0.25) is 0 Å². The van der Waals surface area contributed by atoms with Crippen LogP contribution in [0.1, 0.15) is 25.0 Å². The number of rotatable bonds is 3. The number of hydrogen-bond acceptors (Lipinski definition) is 0. The molecule has 0 spiro atoms. The fourth-order valence-corrected chi connectivity index (χ4v) is 9.07. The van der Waals surface area contributed by atoms with Gasteiger partial charge in [-0.1, -0.05) is 117 Å². The monoisotopic (exact) mass is 650 g/mol. The van der Waals surface area contributed by atoms with E-state index in [-0.39, 0.29) is 5.41 Å². The Labute approximate surface area is 296 Å². The second-order valence-electron chi connectivity index (χ2n) is 14.6. The van der Waals surface area contributed by atoms with Gasteiger partial charge >= 0.3 is 0 Å².